The zero-order valence-electron chi connectivity index (χ0n) is 13.2. The van der Waals surface area contributed by atoms with Gasteiger partial charge in [0.05, 0.1) is 0 Å². The molecule has 0 N–H and O–H groups in total. The molecule has 0 heteroatoms. The Labute approximate surface area is 142 Å². The lowest BCUT2D eigenvalue weighted by Crippen LogP contribution is -1.76. The van der Waals surface area contributed by atoms with Gasteiger partial charge in [0.25, 0.3) is 0 Å². The number of benzene rings is 4. The van der Waals surface area contributed by atoms with Crippen LogP contribution in [0.1, 0.15) is 11.1 Å². The van der Waals surface area contributed by atoms with E-state index in [2.05, 4.69) is 103 Å². The van der Waals surface area contributed by atoms with Crippen molar-refractivity contribution in [1.29, 1.82) is 0 Å². The van der Waals surface area contributed by atoms with E-state index >= 15 is 0 Å². The molecule has 112 valence electrons. The van der Waals surface area contributed by atoms with Crippen LogP contribution in [0.4, 0.5) is 0 Å². The highest BCUT2D eigenvalue weighted by Gasteiger charge is 1.93. The van der Waals surface area contributed by atoms with Crippen LogP contribution in [0.15, 0.2) is 91.0 Å². The van der Waals surface area contributed by atoms with Crippen molar-refractivity contribution in [3.8, 4) is 11.8 Å². The van der Waals surface area contributed by atoms with Crippen molar-refractivity contribution in [1.82, 2.24) is 0 Å². The maximum atomic E-state index is 3.21. The van der Waals surface area contributed by atoms with E-state index in [9.17, 15) is 0 Å². The largest absolute Gasteiger partial charge is 0.0696 e. The zero-order valence-corrected chi connectivity index (χ0v) is 13.2. The summed E-state index contributed by atoms with van der Waals surface area (Å²) in [5.41, 5.74) is 2.21. The van der Waals surface area contributed by atoms with Crippen LogP contribution < -0.4 is 0 Å². The van der Waals surface area contributed by atoms with Gasteiger partial charge in [-0.25, -0.2) is 0 Å². The third-order valence-corrected chi connectivity index (χ3v) is 4.10. The highest BCUT2D eigenvalue weighted by atomic mass is 14.0. The van der Waals surface area contributed by atoms with E-state index in [0.717, 1.165) is 5.56 Å². The Balaban J connectivity index is 1.56. The molecular formula is C24H16. The first-order chi connectivity index (χ1) is 11.9. The van der Waals surface area contributed by atoms with E-state index in [1.54, 1.807) is 0 Å². The molecule has 0 aromatic heterocycles. The molecule has 0 heterocycles. The minimum atomic E-state index is 1.04. The summed E-state index contributed by atoms with van der Waals surface area (Å²) in [6, 6.07) is 29.5. The lowest BCUT2D eigenvalue weighted by molar-refractivity contribution is 1.69. The van der Waals surface area contributed by atoms with Crippen LogP contribution >= 0.6 is 0 Å². The second-order valence-corrected chi connectivity index (χ2v) is 5.77. The summed E-state index contributed by atoms with van der Waals surface area (Å²) in [6.45, 7) is 0. The Morgan fingerprint density at radius 3 is 1.96 bits per heavy atom. The molecular weight excluding hydrogens is 288 g/mol. The van der Waals surface area contributed by atoms with Gasteiger partial charge in [0.1, 0.15) is 0 Å². The van der Waals surface area contributed by atoms with E-state index in [1.165, 1.54) is 27.1 Å². The first-order valence-corrected chi connectivity index (χ1v) is 8.04. The number of allylic oxidation sites excluding steroid dienone is 1. The van der Waals surface area contributed by atoms with Gasteiger partial charge in [0.15, 0.2) is 0 Å². The van der Waals surface area contributed by atoms with Gasteiger partial charge in [0, 0.05) is 5.56 Å². The van der Waals surface area contributed by atoms with Crippen LogP contribution in [0, 0.1) is 11.8 Å². The second kappa shape index (κ2) is 6.44. The van der Waals surface area contributed by atoms with E-state index in [1.807, 2.05) is 6.08 Å². The normalized spacial score (nSPS) is 10.8. The molecule has 0 atom stereocenters. The van der Waals surface area contributed by atoms with E-state index in [-0.39, 0.29) is 0 Å². The van der Waals surface area contributed by atoms with Gasteiger partial charge in [-0.15, -0.1) is 0 Å². The second-order valence-electron chi connectivity index (χ2n) is 5.77. The van der Waals surface area contributed by atoms with Crippen molar-refractivity contribution < 1.29 is 0 Å². The maximum absolute atomic E-state index is 3.21. The fourth-order valence-corrected chi connectivity index (χ4v) is 2.84. The molecule has 0 aliphatic carbocycles. The molecule has 4 rings (SSSR count). The van der Waals surface area contributed by atoms with Gasteiger partial charge in [-0.05, 0) is 57.5 Å². The van der Waals surface area contributed by atoms with Gasteiger partial charge < -0.3 is 0 Å². The van der Waals surface area contributed by atoms with Crippen LogP contribution in [-0.4, -0.2) is 0 Å². The molecule has 0 bridgehead atoms. The minimum Gasteiger partial charge on any atom is -0.0696 e. The summed E-state index contributed by atoms with van der Waals surface area (Å²) in [6.07, 6.45) is 3.97. The summed E-state index contributed by atoms with van der Waals surface area (Å²) < 4.78 is 0. The maximum Gasteiger partial charge on any atom is 0.0255 e. The molecule has 4 aromatic carbocycles. The third kappa shape index (κ3) is 3.07. The average Bonchev–Trinajstić information content (AvgIpc) is 2.65. The molecule has 0 saturated carbocycles. The van der Waals surface area contributed by atoms with Crippen LogP contribution in [0.5, 0.6) is 0 Å². The molecule has 0 aliphatic rings. The van der Waals surface area contributed by atoms with Crippen molar-refractivity contribution in [3.05, 3.63) is 102 Å². The Morgan fingerprint density at radius 2 is 1.21 bits per heavy atom. The molecule has 0 saturated heterocycles. The van der Waals surface area contributed by atoms with Gasteiger partial charge in [-0.3, -0.25) is 0 Å². The van der Waals surface area contributed by atoms with Crippen molar-refractivity contribution in [2.75, 3.05) is 0 Å². The van der Waals surface area contributed by atoms with Crippen molar-refractivity contribution in [2.45, 2.75) is 0 Å². The van der Waals surface area contributed by atoms with Crippen molar-refractivity contribution in [2.24, 2.45) is 0 Å². The Hall–Kier alpha value is -3.30. The molecule has 24 heavy (non-hydrogen) atoms. The number of fused-ring (bicyclic) bond motifs is 2. The van der Waals surface area contributed by atoms with E-state index in [0.29, 0.717) is 0 Å². The first kappa shape index (κ1) is 14.3. The van der Waals surface area contributed by atoms with Gasteiger partial charge in [0.2, 0.25) is 0 Å². The number of rotatable bonds is 1. The van der Waals surface area contributed by atoms with Crippen LogP contribution in [0.25, 0.3) is 27.6 Å². The highest BCUT2D eigenvalue weighted by Crippen LogP contribution is 2.17. The molecule has 0 aliphatic heterocycles. The number of hydrogen-bond acceptors (Lipinski definition) is 0. The van der Waals surface area contributed by atoms with E-state index < -0.39 is 0 Å². The van der Waals surface area contributed by atoms with Gasteiger partial charge >= 0.3 is 0 Å². The molecule has 0 fully saturated rings. The van der Waals surface area contributed by atoms with Crippen molar-refractivity contribution >= 4 is 27.6 Å². The summed E-state index contributed by atoms with van der Waals surface area (Å²) in [7, 11) is 0. The summed E-state index contributed by atoms with van der Waals surface area (Å²) in [5.74, 6) is 6.34. The zero-order chi connectivity index (χ0) is 16.2. The fourth-order valence-electron chi connectivity index (χ4n) is 2.84. The predicted octanol–water partition coefficient (Wildman–Crippen LogP) is 6.06. The molecule has 0 unspecified atom stereocenters. The van der Waals surface area contributed by atoms with Crippen molar-refractivity contribution in [3.63, 3.8) is 0 Å². The first-order valence-electron chi connectivity index (χ1n) is 8.04. The molecule has 4 aromatic rings. The smallest absolute Gasteiger partial charge is 0.0255 e. The Morgan fingerprint density at radius 1 is 0.583 bits per heavy atom. The topological polar surface area (TPSA) is 0 Å². The average molecular weight is 304 g/mol. The lowest BCUT2D eigenvalue weighted by Gasteiger charge is -1.98. The molecule has 0 nitrogen and oxygen atoms in total. The quantitative estimate of drug-likeness (QED) is 0.375. The summed E-state index contributed by atoms with van der Waals surface area (Å²) >= 11 is 0. The SMILES string of the molecule is C(#Cc1ccc2ccccc2c1)/C=C/c1ccc2ccccc2c1. The number of hydrogen-bond donors (Lipinski definition) is 0. The molecule has 0 radical (unpaired) electrons. The van der Waals surface area contributed by atoms with Crippen LogP contribution in [0.2, 0.25) is 0 Å². The third-order valence-electron chi connectivity index (χ3n) is 4.10. The van der Waals surface area contributed by atoms with Crippen LogP contribution in [-0.2, 0) is 0 Å². The Bertz CT molecular complexity index is 1100. The lowest BCUT2D eigenvalue weighted by atomic mass is 10.1. The van der Waals surface area contributed by atoms with Gasteiger partial charge in [-0.1, -0.05) is 78.6 Å². The summed E-state index contributed by atoms with van der Waals surface area (Å²) in [4.78, 5) is 0. The van der Waals surface area contributed by atoms with E-state index in [4.69, 9.17) is 0 Å². The monoisotopic (exact) mass is 304 g/mol. The predicted molar refractivity (Wildman–Crippen MR) is 104 cm³/mol. The minimum absolute atomic E-state index is 1.04. The standard InChI is InChI=1S/C24H16/c1(7-19-13-15-21-9-3-5-11-23(21)17-19)2-8-20-14-16-22-10-4-6-12-24(22)18-20/h1,3-7,9-18H/b7-1+. The highest BCUT2D eigenvalue weighted by molar-refractivity contribution is 5.85. The molecule has 0 spiro atoms. The fraction of sp³-hybridized carbons (Fsp3) is 0. The summed E-state index contributed by atoms with van der Waals surface area (Å²) in [5, 5.41) is 4.98. The van der Waals surface area contributed by atoms with Crippen LogP contribution in [0.3, 0.4) is 0 Å². The molecule has 0 amide bonds. The Kier molecular flexibility index (Phi) is 3.84. The van der Waals surface area contributed by atoms with Gasteiger partial charge in [-0.2, -0.15) is 0 Å².